The van der Waals surface area contributed by atoms with E-state index in [0.29, 0.717) is 0 Å². The second-order valence-electron chi connectivity index (χ2n) is 3.37. The van der Waals surface area contributed by atoms with Crippen LogP contribution in [-0.2, 0) is 17.5 Å². The molecule has 0 saturated heterocycles. The Bertz CT molecular complexity index is 354. The van der Waals surface area contributed by atoms with E-state index in [2.05, 4.69) is 15.0 Å². The zero-order chi connectivity index (χ0) is 10.9. The van der Waals surface area contributed by atoms with E-state index >= 15 is 0 Å². The first kappa shape index (κ1) is 10.6. The van der Waals surface area contributed by atoms with Crippen LogP contribution in [0.4, 0.5) is 4.39 Å². The molecule has 0 atom stereocenters. The maximum Gasteiger partial charge on any atom is 0.360 e. The average molecular weight is 201 g/mol. The van der Waals surface area contributed by atoms with Gasteiger partial charge in [-0.1, -0.05) is 5.21 Å². The second-order valence-corrected chi connectivity index (χ2v) is 3.37. The van der Waals surface area contributed by atoms with Gasteiger partial charge >= 0.3 is 5.97 Å². The molecule has 14 heavy (non-hydrogen) atoms. The molecule has 0 amide bonds. The summed E-state index contributed by atoms with van der Waals surface area (Å²) in [7, 11) is 2.74. The number of aryl methyl sites for hydroxylation is 1. The molecule has 0 N–H and O–H groups in total. The van der Waals surface area contributed by atoms with Crippen molar-refractivity contribution >= 4 is 5.97 Å². The van der Waals surface area contributed by atoms with Gasteiger partial charge in [0.2, 0.25) is 0 Å². The number of alkyl halides is 1. The molecule has 0 aliphatic heterocycles. The molecule has 1 aromatic heterocycles. The quantitative estimate of drug-likeness (QED) is 0.664. The lowest BCUT2D eigenvalue weighted by Gasteiger charge is -2.14. The molecule has 5 nitrogen and oxygen atoms in total. The number of esters is 1. The van der Waals surface area contributed by atoms with Crippen LogP contribution in [0.3, 0.4) is 0 Å². The number of carbonyl (C=O) groups is 1. The molecule has 6 heteroatoms. The van der Waals surface area contributed by atoms with Gasteiger partial charge in [0.25, 0.3) is 0 Å². The molecule has 0 fully saturated rings. The van der Waals surface area contributed by atoms with Gasteiger partial charge in [-0.25, -0.2) is 13.9 Å². The Balaban J connectivity index is 3.27. The average Bonchev–Trinajstić information content (AvgIpc) is 2.44. The lowest BCUT2D eigenvalue weighted by molar-refractivity contribution is 0.0585. The molecule has 1 rings (SSSR count). The lowest BCUT2D eigenvalue weighted by Crippen LogP contribution is -2.19. The summed E-state index contributed by atoms with van der Waals surface area (Å²) in [6, 6.07) is 0. The third-order valence-corrected chi connectivity index (χ3v) is 1.77. The minimum Gasteiger partial charge on any atom is -0.464 e. The maximum atomic E-state index is 13.7. The highest BCUT2D eigenvalue weighted by molar-refractivity contribution is 5.88. The van der Waals surface area contributed by atoms with Crippen LogP contribution < -0.4 is 0 Å². The summed E-state index contributed by atoms with van der Waals surface area (Å²) in [6.07, 6.45) is 0. The first-order chi connectivity index (χ1) is 6.38. The Labute approximate surface area is 80.9 Å². The topological polar surface area (TPSA) is 57.0 Å². The molecule has 0 aliphatic rings. The van der Waals surface area contributed by atoms with Gasteiger partial charge in [0, 0.05) is 7.05 Å². The molecular formula is C8H12FN3O2. The molecule has 0 unspecified atom stereocenters. The van der Waals surface area contributed by atoms with Crippen LogP contribution in [0, 0.1) is 0 Å². The Hall–Kier alpha value is -1.46. The van der Waals surface area contributed by atoms with Gasteiger partial charge < -0.3 is 4.74 Å². The van der Waals surface area contributed by atoms with Gasteiger partial charge in [-0.15, -0.1) is 5.10 Å². The van der Waals surface area contributed by atoms with E-state index in [1.165, 1.54) is 32.7 Å². The molecular weight excluding hydrogens is 189 g/mol. The highest BCUT2D eigenvalue weighted by atomic mass is 19.1. The lowest BCUT2D eigenvalue weighted by atomic mass is 10.1. The van der Waals surface area contributed by atoms with Crippen LogP contribution in [0.1, 0.15) is 30.0 Å². The van der Waals surface area contributed by atoms with Crippen LogP contribution >= 0.6 is 0 Å². The van der Waals surface area contributed by atoms with Crippen LogP contribution in [0.15, 0.2) is 0 Å². The number of hydrogen-bond donors (Lipinski definition) is 0. The summed E-state index contributed by atoms with van der Waals surface area (Å²) in [5.74, 6) is -0.682. The standard InChI is InChI=1S/C8H12FN3O2/c1-8(2,9)6-5(7(13)14-4)10-11-12(6)3/h1-4H3. The van der Waals surface area contributed by atoms with Crippen molar-refractivity contribution in [2.45, 2.75) is 19.5 Å². The van der Waals surface area contributed by atoms with E-state index in [1.54, 1.807) is 0 Å². The van der Waals surface area contributed by atoms with Gasteiger partial charge in [-0.2, -0.15) is 0 Å². The van der Waals surface area contributed by atoms with Crippen molar-refractivity contribution in [3.63, 3.8) is 0 Å². The van der Waals surface area contributed by atoms with Crippen molar-refractivity contribution in [1.82, 2.24) is 15.0 Å². The largest absolute Gasteiger partial charge is 0.464 e. The first-order valence-electron chi connectivity index (χ1n) is 4.05. The SMILES string of the molecule is COC(=O)c1nnn(C)c1C(C)(C)F. The number of carbonyl (C=O) groups excluding carboxylic acids is 1. The van der Waals surface area contributed by atoms with Crippen LogP contribution in [0.5, 0.6) is 0 Å². The monoisotopic (exact) mass is 201 g/mol. The van der Waals surface area contributed by atoms with Gasteiger partial charge in [0.05, 0.1) is 7.11 Å². The predicted octanol–water partition coefficient (Wildman–Crippen LogP) is 0.806. The number of rotatable bonds is 2. The van der Waals surface area contributed by atoms with Crippen LogP contribution in [0.2, 0.25) is 0 Å². The molecule has 0 radical (unpaired) electrons. The van der Waals surface area contributed by atoms with Gasteiger partial charge in [-0.05, 0) is 13.8 Å². The maximum absolute atomic E-state index is 13.7. The number of nitrogens with zero attached hydrogens (tertiary/aromatic N) is 3. The molecule has 0 spiro atoms. The Morgan fingerprint density at radius 3 is 2.57 bits per heavy atom. The van der Waals surface area contributed by atoms with E-state index in [4.69, 9.17) is 0 Å². The summed E-state index contributed by atoms with van der Waals surface area (Å²) < 4.78 is 19.4. The van der Waals surface area contributed by atoms with Gasteiger partial charge in [0.15, 0.2) is 5.69 Å². The minimum absolute atomic E-state index is 0.0810. The smallest absolute Gasteiger partial charge is 0.360 e. The summed E-state index contributed by atoms with van der Waals surface area (Å²) in [5, 5.41) is 7.13. The highest BCUT2D eigenvalue weighted by Gasteiger charge is 2.31. The number of methoxy groups -OCH3 is 1. The third-order valence-electron chi connectivity index (χ3n) is 1.77. The normalized spacial score (nSPS) is 11.5. The molecule has 0 aliphatic carbocycles. The molecule has 1 heterocycles. The fraction of sp³-hybridized carbons (Fsp3) is 0.625. The van der Waals surface area contributed by atoms with E-state index in [1.807, 2.05) is 0 Å². The van der Waals surface area contributed by atoms with Crippen LogP contribution in [0.25, 0.3) is 0 Å². The zero-order valence-electron chi connectivity index (χ0n) is 8.54. The van der Waals surface area contributed by atoms with Crippen molar-refractivity contribution in [2.24, 2.45) is 7.05 Å². The van der Waals surface area contributed by atoms with Crippen molar-refractivity contribution < 1.29 is 13.9 Å². The van der Waals surface area contributed by atoms with Crippen molar-refractivity contribution in [2.75, 3.05) is 7.11 Å². The highest BCUT2D eigenvalue weighted by Crippen LogP contribution is 2.26. The number of hydrogen-bond acceptors (Lipinski definition) is 4. The number of aromatic nitrogens is 3. The fourth-order valence-electron chi connectivity index (χ4n) is 1.26. The van der Waals surface area contributed by atoms with E-state index in [9.17, 15) is 9.18 Å². The third kappa shape index (κ3) is 1.73. The fourth-order valence-corrected chi connectivity index (χ4v) is 1.26. The first-order valence-corrected chi connectivity index (χ1v) is 4.05. The summed E-state index contributed by atoms with van der Waals surface area (Å²) in [4.78, 5) is 11.2. The Kier molecular flexibility index (Phi) is 2.55. The predicted molar refractivity (Wildman–Crippen MR) is 46.5 cm³/mol. The van der Waals surface area contributed by atoms with E-state index < -0.39 is 11.6 Å². The van der Waals surface area contributed by atoms with E-state index in [-0.39, 0.29) is 11.4 Å². The number of halogens is 1. The van der Waals surface area contributed by atoms with Crippen LogP contribution in [-0.4, -0.2) is 28.1 Å². The molecule has 78 valence electrons. The summed E-state index contributed by atoms with van der Waals surface area (Å²) >= 11 is 0. The molecule has 1 aromatic rings. The Morgan fingerprint density at radius 1 is 1.57 bits per heavy atom. The second kappa shape index (κ2) is 3.36. The summed E-state index contributed by atoms with van der Waals surface area (Å²) in [6.45, 7) is 2.66. The van der Waals surface area contributed by atoms with Gasteiger partial charge in [0.1, 0.15) is 11.4 Å². The van der Waals surface area contributed by atoms with Crippen molar-refractivity contribution in [3.05, 3.63) is 11.4 Å². The zero-order valence-corrected chi connectivity index (χ0v) is 8.54. The molecule has 0 bridgehead atoms. The minimum atomic E-state index is -1.68. The van der Waals surface area contributed by atoms with Gasteiger partial charge in [-0.3, -0.25) is 0 Å². The summed E-state index contributed by atoms with van der Waals surface area (Å²) in [5.41, 5.74) is -1.64. The van der Waals surface area contributed by atoms with Crippen molar-refractivity contribution in [1.29, 1.82) is 0 Å². The van der Waals surface area contributed by atoms with E-state index in [0.717, 1.165) is 0 Å². The Morgan fingerprint density at radius 2 is 2.14 bits per heavy atom. The molecule has 0 aromatic carbocycles. The van der Waals surface area contributed by atoms with Crippen molar-refractivity contribution in [3.8, 4) is 0 Å². The number of ether oxygens (including phenoxy) is 1. The molecule has 0 saturated carbocycles.